The number of benzene rings is 2. The van der Waals surface area contributed by atoms with Crippen molar-refractivity contribution in [3.63, 3.8) is 0 Å². The smallest absolute Gasteiger partial charge is 0.137 e. The minimum atomic E-state index is -0.439. The van der Waals surface area contributed by atoms with Gasteiger partial charge >= 0.3 is 0 Å². The number of ether oxygens (including phenoxy) is 1. The molecule has 1 heterocycles. The highest BCUT2D eigenvalue weighted by Crippen LogP contribution is 2.45. The first kappa shape index (κ1) is 15.3. The van der Waals surface area contributed by atoms with E-state index in [0.717, 1.165) is 12.2 Å². The quantitative estimate of drug-likeness (QED) is 0.820. The fourth-order valence-electron chi connectivity index (χ4n) is 3.12. The molecule has 0 amide bonds. The summed E-state index contributed by atoms with van der Waals surface area (Å²) in [6.45, 7) is 0.604. The van der Waals surface area contributed by atoms with Crippen LogP contribution in [0.5, 0.6) is 0 Å². The molecule has 4 rings (SSSR count). The number of thiol groups is 1. The van der Waals surface area contributed by atoms with Gasteiger partial charge in [0, 0.05) is 18.2 Å². The molecule has 2 aromatic carbocycles. The SMILES string of the molecule is O=C1CCc2cc([SH]3C=CC(OCc4ccccc4)=C3)ccc2C1. The molecule has 2 aromatic rings. The molecule has 0 aromatic heterocycles. The lowest BCUT2D eigenvalue weighted by Gasteiger charge is -2.18. The Morgan fingerprint density at radius 1 is 1.00 bits per heavy atom. The molecule has 2 nitrogen and oxygen atoms in total. The summed E-state index contributed by atoms with van der Waals surface area (Å²) in [6, 6.07) is 16.8. The molecular weight excluding hydrogens is 316 g/mol. The van der Waals surface area contributed by atoms with Crippen LogP contribution in [0.2, 0.25) is 0 Å². The van der Waals surface area contributed by atoms with Gasteiger partial charge < -0.3 is 4.74 Å². The minimum Gasteiger partial charge on any atom is -0.488 e. The fraction of sp³-hybridized carbons (Fsp3) is 0.190. The van der Waals surface area contributed by atoms with E-state index in [0.29, 0.717) is 25.2 Å². The van der Waals surface area contributed by atoms with Crippen LogP contribution < -0.4 is 0 Å². The molecule has 3 heteroatoms. The van der Waals surface area contributed by atoms with Gasteiger partial charge in [0.25, 0.3) is 0 Å². The highest BCUT2D eigenvalue weighted by atomic mass is 32.2. The van der Waals surface area contributed by atoms with E-state index in [2.05, 4.69) is 47.2 Å². The van der Waals surface area contributed by atoms with Crippen molar-refractivity contribution >= 4 is 16.7 Å². The molecular formula is C21H20O2S. The zero-order chi connectivity index (χ0) is 16.4. The summed E-state index contributed by atoms with van der Waals surface area (Å²) in [4.78, 5) is 12.9. The third kappa shape index (κ3) is 3.31. The average Bonchev–Trinajstić information content (AvgIpc) is 3.09. The maximum Gasteiger partial charge on any atom is 0.137 e. The second-order valence-corrected chi connectivity index (χ2v) is 8.08. The summed E-state index contributed by atoms with van der Waals surface area (Å²) in [6.07, 6.45) is 4.25. The molecule has 24 heavy (non-hydrogen) atoms. The largest absolute Gasteiger partial charge is 0.488 e. The minimum absolute atomic E-state index is 0.359. The number of hydrogen-bond acceptors (Lipinski definition) is 2. The molecule has 0 spiro atoms. The standard InChI is InChI=1S/C21H20O2S/c22-19-8-6-18-13-21(9-7-17(18)12-19)24-11-10-20(15-24)23-14-16-4-2-1-3-5-16/h1-5,7,9-11,13,15,24H,6,8,12,14H2. The summed E-state index contributed by atoms with van der Waals surface area (Å²) in [5.41, 5.74) is 3.73. The molecule has 0 saturated heterocycles. The van der Waals surface area contributed by atoms with Gasteiger partial charge in [0.2, 0.25) is 0 Å². The molecule has 0 bridgehead atoms. The maximum absolute atomic E-state index is 11.6. The van der Waals surface area contributed by atoms with E-state index in [1.165, 1.54) is 21.6 Å². The Labute approximate surface area is 145 Å². The molecule has 0 saturated carbocycles. The Morgan fingerprint density at radius 3 is 2.75 bits per heavy atom. The van der Waals surface area contributed by atoms with Gasteiger partial charge in [0.05, 0.1) is 0 Å². The summed E-state index contributed by atoms with van der Waals surface area (Å²) >= 11 is 0. The van der Waals surface area contributed by atoms with Gasteiger partial charge in [-0.25, -0.2) is 0 Å². The van der Waals surface area contributed by atoms with E-state index in [9.17, 15) is 4.79 Å². The number of aryl methyl sites for hydroxylation is 1. The summed E-state index contributed by atoms with van der Waals surface area (Å²) < 4.78 is 5.91. The van der Waals surface area contributed by atoms with Gasteiger partial charge in [-0.2, -0.15) is 10.9 Å². The van der Waals surface area contributed by atoms with Crippen molar-refractivity contribution in [2.24, 2.45) is 0 Å². The van der Waals surface area contributed by atoms with E-state index in [1.807, 2.05) is 18.2 Å². The van der Waals surface area contributed by atoms with Crippen LogP contribution in [-0.4, -0.2) is 5.78 Å². The van der Waals surface area contributed by atoms with E-state index < -0.39 is 10.9 Å². The molecule has 0 N–H and O–H groups in total. The van der Waals surface area contributed by atoms with Crippen molar-refractivity contribution in [2.75, 3.05) is 0 Å². The molecule has 1 aliphatic heterocycles. The summed E-state index contributed by atoms with van der Waals surface area (Å²) in [5, 5.41) is 4.47. The number of ketones is 1. The third-order valence-corrected chi connectivity index (χ3v) is 6.34. The monoisotopic (exact) mass is 336 g/mol. The van der Waals surface area contributed by atoms with E-state index in [-0.39, 0.29) is 0 Å². The summed E-state index contributed by atoms with van der Waals surface area (Å²) in [5.74, 6) is 1.32. The van der Waals surface area contributed by atoms with Crippen molar-refractivity contribution in [1.29, 1.82) is 0 Å². The van der Waals surface area contributed by atoms with E-state index in [1.54, 1.807) is 0 Å². The Kier molecular flexibility index (Phi) is 4.26. The average molecular weight is 336 g/mol. The maximum atomic E-state index is 11.6. The van der Waals surface area contributed by atoms with Crippen LogP contribution in [0, 0.1) is 0 Å². The van der Waals surface area contributed by atoms with Crippen LogP contribution >= 0.6 is 10.9 Å². The topological polar surface area (TPSA) is 26.3 Å². The number of carbonyl (C=O) groups excluding carboxylic acids is 1. The van der Waals surface area contributed by atoms with Gasteiger partial charge in [-0.3, -0.25) is 4.79 Å². The predicted molar refractivity (Wildman–Crippen MR) is 99.2 cm³/mol. The number of carbonyl (C=O) groups is 1. The number of allylic oxidation sites excluding steroid dienone is 1. The van der Waals surface area contributed by atoms with Crippen LogP contribution in [0.1, 0.15) is 23.1 Å². The first-order valence-electron chi connectivity index (χ1n) is 8.26. The Hall–Kier alpha value is -2.26. The Bertz CT molecular complexity index is 821. The predicted octanol–water partition coefficient (Wildman–Crippen LogP) is 4.69. The molecule has 0 radical (unpaired) electrons. The fourth-order valence-corrected chi connectivity index (χ4v) is 4.82. The van der Waals surface area contributed by atoms with Gasteiger partial charge in [-0.05, 0) is 51.6 Å². The second kappa shape index (κ2) is 6.70. The number of hydrogen-bond donors (Lipinski definition) is 1. The Balaban J connectivity index is 1.45. The molecule has 0 fully saturated rings. The van der Waals surface area contributed by atoms with Crippen LogP contribution in [0.15, 0.2) is 76.1 Å². The Morgan fingerprint density at radius 2 is 1.88 bits per heavy atom. The normalized spacial score (nSPS) is 20.6. The van der Waals surface area contributed by atoms with Crippen molar-refractivity contribution in [3.8, 4) is 0 Å². The molecule has 122 valence electrons. The van der Waals surface area contributed by atoms with Crippen molar-refractivity contribution < 1.29 is 9.53 Å². The zero-order valence-corrected chi connectivity index (χ0v) is 14.3. The van der Waals surface area contributed by atoms with Gasteiger partial charge in [-0.1, -0.05) is 36.4 Å². The van der Waals surface area contributed by atoms with Crippen molar-refractivity contribution in [2.45, 2.75) is 30.8 Å². The second-order valence-electron chi connectivity index (χ2n) is 6.20. The van der Waals surface area contributed by atoms with Crippen molar-refractivity contribution in [1.82, 2.24) is 0 Å². The number of fused-ring (bicyclic) bond motifs is 1. The lowest BCUT2D eigenvalue weighted by Crippen LogP contribution is -2.13. The van der Waals surface area contributed by atoms with E-state index in [4.69, 9.17) is 4.74 Å². The third-order valence-electron chi connectivity index (χ3n) is 4.46. The first-order valence-corrected chi connectivity index (χ1v) is 9.74. The molecule has 1 atom stereocenters. The van der Waals surface area contributed by atoms with Crippen molar-refractivity contribution in [3.05, 3.63) is 87.9 Å². The lowest BCUT2D eigenvalue weighted by atomic mass is 9.91. The first-order chi connectivity index (χ1) is 11.8. The zero-order valence-electron chi connectivity index (χ0n) is 13.4. The molecule has 2 aliphatic rings. The van der Waals surface area contributed by atoms with Crippen LogP contribution in [0.25, 0.3) is 0 Å². The molecule has 1 unspecified atom stereocenters. The highest BCUT2D eigenvalue weighted by molar-refractivity contribution is 8.22. The summed E-state index contributed by atoms with van der Waals surface area (Å²) in [7, 11) is -0.439. The van der Waals surface area contributed by atoms with Gasteiger partial charge in [0.15, 0.2) is 0 Å². The highest BCUT2D eigenvalue weighted by Gasteiger charge is 2.17. The van der Waals surface area contributed by atoms with Crippen LogP contribution in [-0.2, 0) is 29.0 Å². The van der Waals surface area contributed by atoms with E-state index >= 15 is 0 Å². The van der Waals surface area contributed by atoms with Crippen LogP contribution in [0.4, 0.5) is 0 Å². The number of rotatable bonds is 4. The number of Topliss-reactive ketones (excluding diaryl/α,β-unsaturated/α-hetero) is 1. The lowest BCUT2D eigenvalue weighted by molar-refractivity contribution is -0.118. The molecule has 1 aliphatic carbocycles. The van der Waals surface area contributed by atoms with Gasteiger partial charge in [-0.15, -0.1) is 0 Å². The van der Waals surface area contributed by atoms with Gasteiger partial charge in [0.1, 0.15) is 18.1 Å². The van der Waals surface area contributed by atoms with Crippen LogP contribution in [0.3, 0.4) is 0 Å².